The van der Waals surface area contributed by atoms with Gasteiger partial charge in [-0.15, -0.1) is 0 Å². The van der Waals surface area contributed by atoms with Crippen LogP contribution in [0.1, 0.15) is 32.3 Å². The van der Waals surface area contributed by atoms with Crippen LogP contribution in [0.4, 0.5) is 11.4 Å². The van der Waals surface area contributed by atoms with Crippen LogP contribution < -0.4 is 5.32 Å². The van der Waals surface area contributed by atoms with E-state index in [4.69, 9.17) is 5.26 Å². The summed E-state index contributed by atoms with van der Waals surface area (Å²) in [5.41, 5.74) is 0.912. The number of anilines is 1. The van der Waals surface area contributed by atoms with E-state index in [9.17, 15) is 10.1 Å². The molecule has 5 nitrogen and oxygen atoms in total. The molecule has 0 bridgehead atoms. The number of hydrogen-bond donors (Lipinski definition) is 1. The lowest BCUT2D eigenvalue weighted by Gasteiger charge is -2.16. The molecule has 0 heterocycles. The van der Waals surface area contributed by atoms with Gasteiger partial charge in [0.05, 0.1) is 16.2 Å². The third kappa shape index (κ3) is 3.18. The highest BCUT2D eigenvalue weighted by Crippen LogP contribution is 2.22. The van der Waals surface area contributed by atoms with Gasteiger partial charge < -0.3 is 5.32 Å². The van der Waals surface area contributed by atoms with E-state index in [1.165, 1.54) is 12.1 Å². The van der Waals surface area contributed by atoms with Crippen LogP contribution in [0.2, 0.25) is 0 Å². The molecule has 1 aromatic carbocycles. The van der Waals surface area contributed by atoms with Gasteiger partial charge in [0.15, 0.2) is 0 Å². The molecule has 0 radical (unpaired) electrons. The lowest BCUT2D eigenvalue weighted by atomic mass is 10.1. The number of benzene rings is 1. The highest BCUT2D eigenvalue weighted by Gasteiger charge is 2.12. The van der Waals surface area contributed by atoms with Gasteiger partial charge in [0, 0.05) is 18.2 Å². The van der Waals surface area contributed by atoms with Crippen LogP contribution in [-0.4, -0.2) is 11.0 Å². The van der Waals surface area contributed by atoms with Crippen molar-refractivity contribution in [1.82, 2.24) is 0 Å². The van der Waals surface area contributed by atoms with E-state index in [1.54, 1.807) is 6.07 Å². The zero-order chi connectivity index (χ0) is 12.8. The van der Waals surface area contributed by atoms with Gasteiger partial charge in [-0.1, -0.05) is 13.8 Å². The van der Waals surface area contributed by atoms with Crippen molar-refractivity contribution in [2.45, 2.75) is 32.7 Å². The minimum absolute atomic E-state index is 0.0587. The third-order valence-electron chi connectivity index (χ3n) is 2.68. The second-order valence-electron chi connectivity index (χ2n) is 3.76. The summed E-state index contributed by atoms with van der Waals surface area (Å²) in [6, 6.07) is 6.56. The van der Waals surface area contributed by atoms with E-state index in [0.29, 0.717) is 11.3 Å². The quantitative estimate of drug-likeness (QED) is 0.626. The van der Waals surface area contributed by atoms with Crippen molar-refractivity contribution in [2.75, 3.05) is 5.32 Å². The molecule has 5 heteroatoms. The zero-order valence-electron chi connectivity index (χ0n) is 9.93. The molecule has 0 spiro atoms. The topological polar surface area (TPSA) is 79.0 Å². The highest BCUT2D eigenvalue weighted by molar-refractivity contribution is 5.61. The lowest BCUT2D eigenvalue weighted by Crippen LogP contribution is -2.17. The minimum Gasteiger partial charge on any atom is -0.381 e. The molecule has 17 heavy (non-hydrogen) atoms. The number of nitrogens with zero attached hydrogens (tertiary/aromatic N) is 2. The summed E-state index contributed by atoms with van der Waals surface area (Å²) in [6.07, 6.45) is 1.89. The maximum Gasteiger partial charge on any atom is 0.270 e. The zero-order valence-corrected chi connectivity index (χ0v) is 9.93. The first-order valence-corrected chi connectivity index (χ1v) is 5.57. The molecule has 0 saturated heterocycles. The molecule has 1 N–H and O–H groups in total. The number of hydrogen-bond acceptors (Lipinski definition) is 4. The molecule has 0 unspecified atom stereocenters. The molecule has 0 aromatic heterocycles. The first kappa shape index (κ1) is 13.0. The summed E-state index contributed by atoms with van der Waals surface area (Å²) in [7, 11) is 0. The van der Waals surface area contributed by atoms with Crippen molar-refractivity contribution in [3.63, 3.8) is 0 Å². The summed E-state index contributed by atoms with van der Waals surface area (Å²) in [5.74, 6) is 0. The molecule has 0 amide bonds. The van der Waals surface area contributed by atoms with Gasteiger partial charge in [0.1, 0.15) is 6.07 Å². The molecule has 0 aliphatic heterocycles. The monoisotopic (exact) mass is 233 g/mol. The Morgan fingerprint density at radius 1 is 1.47 bits per heavy atom. The van der Waals surface area contributed by atoms with Crippen LogP contribution in [0, 0.1) is 21.4 Å². The van der Waals surface area contributed by atoms with Gasteiger partial charge in [-0.25, -0.2) is 0 Å². The molecule has 1 rings (SSSR count). The third-order valence-corrected chi connectivity index (χ3v) is 2.68. The summed E-state index contributed by atoms with van der Waals surface area (Å²) in [5, 5.41) is 22.8. The van der Waals surface area contributed by atoms with Crippen molar-refractivity contribution in [1.29, 1.82) is 5.26 Å². The summed E-state index contributed by atoms with van der Waals surface area (Å²) in [4.78, 5) is 10.1. The van der Waals surface area contributed by atoms with Gasteiger partial charge in [-0.05, 0) is 18.9 Å². The Labute approximate surface area is 100 Å². The van der Waals surface area contributed by atoms with E-state index in [0.717, 1.165) is 12.8 Å². The second-order valence-corrected chi connectivity index (χ2v) is 3.76. The minimum atomic E-state index is -0.498. The Balaban J connectivity index is 3.01. The predicted molar refractivity (Wildman–Crippen MR) is 65.8 cm³/mol. The van der Waals surface area contributed by atoms with Crippen molar-refractivity contribution < 1.29 is 4.92 Å². The standard InChI is InChI=1S/C12H15N3O2/c1-3-10(4-2)14-12-6-5-11(15(16)17)7-9(12)8-13/h5-7,10,14H,3-4H2,1-2H3. The lowest BCUT2D eigenvalue weighted by molar-refractivity contribution is -0.384. The van der Waals surface area contributed by atoms with Crippen molar-refractivity contribution >= 4 is 11.4 Å². The Hall–Kier alpha value is -2.09. The molecule has 0 aliphatic rings. The van der Waals surface area contributed by atoms with Gasteiger partial charge in [0.25, 0.3) is 5.69 Å². The van der Waals surface area contributed by atoms with E-state index in [-0.39, 0.29) is 11.7 Å². The van der Waals surface area contributed by atoms with Crippen LogP contribution in [-0.2, 0) is 0 Å². The second kappa shape index (κ2) is 5.85. The SMILES string of the molecule is CCC(CC)Nc1ccc([N+](=O)[O-])cc1C#N. The smallest absolute Gasteiger partial charge is 0.270 e. The molecular weight excluding hydrogens is 218 g/mol. The van der Waals surface area contributed by atoms with E-state index < -0.39 is 4.92 Å². The number of nitro benzene ring substituents is 1. The Morgan fingerprint density at radius 3 is 2.59 bits per heavy atom. The van der Waals surface area contributed by atoms with Gasteiger partial charge in [0.2, 0.25) is 0 Å². The van der Waals surface area contributed by atoms with Crippen LogP contribution >= 0.6 is 0 Å². The molecule has 90 valence electrons. The van der Waals surface area contributed by atoms with Crippen LogP contribution in [0.5, 0.6) is 0 Å². The fourth-order valence-electron chi connectivity index (χ4n) is 1.58. The number of non-ortho nitro benzene ring substituents is 1. The van der Waals surface area contributed by atoms with E-state index >= 15 is 0 Å². The first-order valence-electron chi connectivity index (χ1n) is 5.57. The summed E-state index contributed by atoms with van der Waals surface area (Å²) < 4.78 is 0. The molecule has 0 saturated carbocycles. The van der Waals surface area contributed by atoms with Crippen molar-refractivity contribution in [3.05, 3.63) is 33.9 Å². The number of nitro groups is 1. The Morgan fingerprint density at radius 2 is 2.12 bits per heavy atom. The molecule has 0 fully saturated rings. The molecule has 0 aliphatic carbocycles. The van der Waals surface area contributed by atoms with Crippen LogP contribution in [0.15, 0.2) is 18.2 Å². The normalized spacial score (nSPS) is 10.0. The van der Waals surface area contributed by atoms with E-state index in [1.807, 2.05) is 6.07 Å². The summed E-state index contributed by atoms with van der Waals surface area (Å²) >= 11 is 0. The van der Waals surface area contributed by atoms with Gasteiger partial charge in [-0.3, -0.25) is 10.1 Å². The first-order chi connectivity index (χ1) is 8.12. The van der Waals surface area contributed by atoms with Crippen LogP contribution in [0.3, 0.4) is 0 Å². The van der Waals surface area contributed by atoms with Gasteiger partial charge in [-0.2, -0.15) is 5.26 Å². The average molecular weight is 233 g/mol. The Bertz CT molecular complexity index is 448. The fourth-order valence-corrected chi connectivity index (χ4v) is 1.58. The fraction of sp³-hybridized carbons (Fsp3) is 0.417. The number of nitrogens with one attached hydrogen (secondary N) is 1. The van der Waals surface area contributed by atoms with Crippen LogP contribution in [0.25, 0.3) is 0 Å². The largest absolute Gasteiger partial charge is 0.381 e. The highest BCUT2D eigenvalue weighted by atomic mass is 16.6. The van der Waals surface area contributed by atoms with E-state index in [2.05, 4.69) is 19.2 Å². The summed E-state index contributed by atoms with van der Waals surface area (Å²) in [6.45, 7) is 4.11. The molecule has 0 atom stereocenters. The maximum absolute atomic E-state index is 10.6. The number of nitriles is 1. The molecule has 1 aromatic rings. The number of rotatable bonds is 5. The maximum atomic E-state index is 10.6. The molecular formula is C12H15N3O2. The Kier molecular flexibility index (Phi) is 4.46. The predicted octanol–water partition coefficient (Wildman–Crippen LogP) is 3.07. The van der Waals surface area contributed by atoms with Crippen molar-refractivity contribution in [3.8, 4) is 6.07 Å². The van der Waals surface area contributed by atoms with Gasteiger partial charge >= 0.3 is 0 Å². The average Bonchev–Trinajstić information content (AvgIpc) is 2.35. The van der Waals surface area contributed by atoms with Crippen molar-refractivity contribution in [2.24, 2.45) is 0 Å².